The van der Waals surface area contributed by atoms with Crippen molar-refractivity contribution in [3.63, 3.8) is 0 Å². The first-order valence-corrected chi connectivity index (χ1v) is 19.7. The zero-order chi connectivity index (χ0) is 42.1. The van der Waals surface area contributed by atoms with Gasteiger partial charge in [0.15, 0.2) is 23.0 Å². The number of benzene rings is 4. The molecule has 1 saturated heterocycles. The third-order valence-electron chi connectivity index (χ3n) is 11.5. The van der Waals surface area contributed by atoms with Crippen LogP contribution in [0.3, 0.4) is 0 Å². The van der Waals surface area contributed by atoms with Crippen LogP contribution in [-0.4, -0.2) is 77.0 Å². The predicted octanol–water partition coefficient (Wildman–Crippen LogP) is 6.20. The van der Waals surface area contributed by atoms with E-state index in [1.807, 2.05) is 24.3 Å². The van der Waals surface area contributed by atoms with Gasteiger partial charge in [0.1, 0.15) is 23.1 Å². The number of nitrogens with one attached hydrogen (secondary N) is 1. The Morgan fingerprint density at radius 1 is 0.783 bits per heavy atom. The minimum Gasteiger partial charge on any atom is -0.497 e. The summed E-state index contributed by atoms with van der Waals surface area (Å²) in [6.07, 6.45) is 2.30. The van der Waals surface area contributed by atoms with Gasteiger partial charge in [-0.2, -0.15) is 0 Å². The van der Waals surface area contributed by atoms with Crippen LogP contribution in [0.25, 0.3) is 16.6 Å². The molecule has 4 atom stereocenters. The number of cyclic esters (lactones) is 1. The second-order valence-corrected chi connectivity index (χ2v) is 14.8. The molecule has 1 fully saturated rings. The van der Waals surface area contributed by atoms with Crippen molar-refractivity contribution in [3.05, 3.63) is 93.5 Å². The van der Waals surface area contributed by atoms with Gasteiger partial charge >= 0.3 is 5.97 Å². The van der Waals surface area contributed by atoms with Crippen LogP contribution in [0.5, 0.6) is 46.0 Å². The molecule has 1 N–H and O–H groups in total. The van der Waals surface area contributed by atoms with Crippen molar-refractivity contribution in [3.8, 4) is 51.7 Å². The quantitative estimate of drug-likeness (QED) is 0.0939. The summed E-state index contributed by atoms with van der Waals surface area (Å²) in [5, 5.41) is 3.66. The summed E-state index contributed by atoms with van der Waals surface area (Å²) in [4.78, 5) is 45.6. The third kappa shape index (κ3) is 7.44. The molecular formula is C45H47N3O12. The molecule has 0 saturated carbocycles. The number of aromatic nitrogens is 2. The molecule has 3 aliphatic rings. The highest BCUT2D eigenvalue weighted by Crippen LogP contribution is 2.55. The van der Waals surface area contributed by atoms with Gasteiger partial charge in [0.2, 0.25) is 18.4 Å². The van der Waals surface area contributed by atoms with Crippen LogP contribution < -0.4 is 48.8 Å². The highest BCUT2D eigenvalue weighted by molar-refractivity contribution is 5.81. The van der Waals surface area contributed by atoms with Crippen LogP contribution >= 0.6 is 0 Å². The number of hydrogen-bond donors (Lipinski definition) is 1. The maximum Gasteiger partial charge on any atom is 0.310 e. The number of nitrogens with zero attached hydrogens (tertiary/aromatic N) is 2. The topological polar surface area (TPSA) is 164 Å². The Balaban J connectivity index is 0.939. The van der Waals surface area contributed by atoms with E-state index in [-0.39, 0.29) is 43.2 Å². The molecular weight excluding hydrogens is 775 g/mol. The summed E-state index contributed by atoms with van der Waals surface area (Å²) < 4.78 is 52.6. The third-order valence-corrected chi connectivity index (χ3v) is 11.5. The number of unbranched alkanes of at least 4 members (excludes halogenated alkanes) is 2. The molecule has 2 aliphatic heterocycles. The lowest BCUT2D eigenvalue weighted by Crippen LogP contribution is -2.42. The van der Waals surface area contributed by atoms with Crippen molar-refractivity contribution in [1.82, 2.24) is 14.9 Å². The molecule has 60 heavy (non-hydrogen) atoms. The Kier molecular flexibility index (Phi) is 11.3. The summed E-state index contributed by atoms with van der Waals surface area (Å²) in [6.45, 7) is 2.38. The summed E-state index contributed by atoms with van der Waals surface area (Å²) in [7, 11) is 7.74. The standard InChI is InChI=1S/C45H47N3O12/c1-24-46-34-12-11-27(19-32(34)44(50)48(24)26-16-28(52-2)18-29(17-26)53-3)57-13-9-7-8-10-39(49)47-42-31-21-36-35(59-23-60-36)20-30(31)40(41-33(42)22-58-45(41)51)25-14-37(54-4)43(56-6)38(15-25)55-5/h11-12,14-21,33,40-42H,7-10,13,22-23H2,1-6H3,(H,47,49)/t33-,40+,41-,42+/m0/s1. The normalized spacial score (nSPS) is 18.6. The van der Waals surface area contributed by atoms with Gasteiger partial charge in [-0.15, -0.1) is 0 Å². The van der Waals surface area contributed by atoms with Gasteiger partial charge in [-0.3, -0.25) is 19.0 Å². The number of carbonyl (C=O) groups is 2. The summed E-state index contributed by atoms with van der Waals surface area (Å²) in [5.41, 5.74) is 3.30. The van der Waals surface area contributed by atoms with Crippen molar-refractivity contribution < 1.29 is 52.2 Å². The fraction of sp³-hybridized carbons (Fsp3) is 0.378. The van der Waals surface area contributed by atoms with Gasteiger partial charge in [0.05, 0.1) is 77.3 Å². The highest BCUT2D eigenvalue weighted by atomic mass is 16.7. The average molecular weight is 822 g/mol. The monoisotopic (exact) mass is 821 g/mol. The molecule has 5 aromatic rings. The number of fused-ring (bicyclic) bond motifs is 4. The molecule has 0 radical (unpaired) electrons. The van der Waals surface area contributed by atoms with E-state index < -0.39 is 17.9 Å². The van der Waals surface area contributed by atoms with E-state index >= 15 is 0 Å². The Bertz CT molecular complexity index is 2470. The first kappa shape index (κ1) is 40.2. The van der Waals surface area contributed by atoms with Gasteiger partial charge < -0.3 is 47.9 Å². The van der Waals surface area contributed by atoms with Crippen LogP contribution in [-0.2, 0) is 14.3 Å². The smallest absolute Gasteiger partial charge is 0.310 e. The fourth-order valence-corrected chi connectivity index (χ4v) is 8.62. The van der Waals surface area contributed by atoms with Crippen LogP contribution in [0.15, 0.2) is 65.5 Å². The number of methoxy groups -OCH3 is 5. The number of hydrogen-bond acceptors (Lipinski definition) is 13. The molecule has 1 amide bonds. The van der Waals surface area contributed by atoms with Crippen LogP contribution in [0.1, 0.15) is 60.2 Å². The second-order valence-electron chi connectivity index (χ2n) is 14.8. The van der Waals surface area contributed by atoms with E-state index in [2.05, 4.69) is 10.3 Å². The molecule has 0 spiro atoms. The zero-order valence-corrected chi connectivity index (χ0v) is 34.3. The largest absolute Gasteiger partial charge is 0.497 e. The van der Waals surface area contributed by atoms with E-state index in [1.165, 1.54) is 11.7 Å². The van der Waals surface area contributed by atoms with E-state index in [9.17, 15) is 14.4 Å². The SMILES string of the molecule is COc1cc(OC)cc(-n2c(C)nc3ccc(OCCCCCC(=O)N[C@@H]4c5cc6c(cc5[C@@H](c5cc(OC)c(OC)c(OC)c5)[C@H]5C(=O)OC[C@@H]54)OCO6)cc3c2=O)c1. The summed E-state index contributed by atoms with van der Waals surface area (Å²) in [6, 6.07) is 17.5. The Hall–Kier alpha value is -6.64. The second kappa shape index (κ2) is 16.9. The molecule has 0 unspecified atom stereocenters. The highest BCUT2D eigenvalue weighted by Gasteiger charge is 2.53. The summed E-state index contributed by atoms with van der Waals surface area (Å²) >= 11 is 0. The minimum atomic E-state index is -0.605. The predicted molar refractivity (Wildman–Crippen MR) is 218 cm³/mol. The number of rotatable bonds is 15. The van der Waals surface area contributed by atoms with E-state index in [1.54, 1.807) is 71.8 Å². The molecule has 1 aromatic heterocycles. The van der Waals surface area contributed by atoms with Crippen LogP contribution in [0.4, 0.5) is 0 Å². The number of esters is 1. The van der Waals surface area contributed by atoms with Crippen molar-refractivity contribution in [2.24, 2.45) is 11.8 Å². The molecule has 15 heteroatoms. The van der Waals surface area contributed by atoms with E-state index in [0.29, 0.717) is 87.9 Å². The summed E-state index contributed by atoms with van der Waals surface area (Å²) in [5.74, 6) is 2.74. The first-order valence-electron chi connectivity index (χ1n) is 19.7. The maximum absolute atomic E-state index is 13.8. The van der Waals surface area contributed by atoms with Gasteiger partial charge in [-0.25, -0.2) is 4.98 Å². The van der Waals surface area contributed by atoms with Gasteiger partial charge in [-0.05, 0) is 85.3 Å². The van der Waals surface area contributed by atoms with Gasteiger partial charge in [0, 0.05) is 36.5 Å². The number of carbonyl (C=O) groups excluding carboxylic acids is 2. The lowest BCUT2D eigenvalue weighted by Gasteiger charge is -2.39. The van der Waals surface area contributed by atoms with E-state index in [4.69, 9.17) is 42.6 Å². The lowest BCUT2D eigenvalue weighted by atomic mass is 9.65. The van der Waals surface area contributed by atoms with Crippen molar-refractivity contribution in [1.29, 1.82) is 0 Å². The molecule has 0 bridgehead atoms. The number of aryl methyl sites for hydroxylation is 1. The lowest BCUT2D eigenvalue weighted by molar-refractivity contribution is -0.141. The molecule has 8 rings (SSSR count). The van der Waals surface area contributed by atoms with E-state index in [0.717, 1.165) is 23.1 Å². The average Bonchev–Trinajstić information content (AvgIpc) is 3.89. The Labute approximate surface area is 346 Å². The number of ether oxygens (including phenoxy) is 9. The number of amides is 1. The first-order chi connectivity index (χ1) is 29.2. The van der Waals surface area contributed by atoms with Crippen molar-refractivity contribution in [2.75, 3.05) is 55.6 Å². The molecule has 15 nitrogen and oxygen atoms in total. The zero-order valence-electron chi connectivity index (χ0n) is 34.3. The molecule has 314 valence electrons. The van der Waals surface area contributed by atoms with Gasteiger partial charge in [-0.1, -0.05) is 0 Å². The molecule has 4 aromatic carbocycles. The van der Waals surface area contributed by atoms with Crippen molar-refractivity contribution in [2.45, 2.75) is 44.6 Å². The molecule has 1 aliphatic carbocycles. The van der Waals surface area contributed by atoms with Crippen LogP contribution in [0, 0.1) is 18.8 Å². The Morgan fingerprint density at radius 2 is 1.48 bits per heavy atom. The van der Waals surface area contributed by atoms with Crippen LogP contribution in [0.2, 0.25) is 0 Å². The Morgan fingerprint density at radius 3 is 2.15 bits per heavy atom. The molecule has 3 heterocycles. The maximum atomic E-state index is 13.8. The van der Waals surface area contributed by atoms with Gasteiger partial charge in [0.25, 0.3) is 5.56 Å². The van der Waals surface area contributed by atoms with Crippen molar-refractivity contribution >= 4 is 22.8 Å². The fourth-order valence-electron chi connectivity index (χ4n) is 8.62. The minimum absolute atomic E-state index is 0.0699.